The van der Waals surface area contributed by atoms with Crippen molar-refractivity contribution in [2.75, 3.05) is 0 Å². The second-order valence-corrected chi connectivity index (χ2v) is 7.65. The van der Waals surface area contributed by atoms with Crippen molar-refractivity contribution >= 4 is 40.4 Å². The molecule has 0 nitrogen and oxygen atoms in total. The summed E-state index contributed by atoms with van der Waals surface area (Å²) in [7, 11) is 0. The highest BCUT2D eigenvalue weighted by Crippen LogP contribution is 2.48. The molecule has 1 aliphatic heterocycles. The van der Waals surface area contributed by atoms with Crippen LogP contribution in [0.3, 0.4) is 0 Å². The molecule has 0 saturated carbocycles. The zero-order valence-corrected chi connectivity index (χ0v) is 13.0. The lowest BCUT2D eigenvalue weighted by atomic mass is 10.1. The number of thioether (sulfide) groups is 2. The van der Waals surface area contributed by atoms with Crippen LogP contribution < -0.4 is 0 Å². The predicted octanol–water partition coefficient (Wildman–Crippen LogP) is 6.08. The average molecular weight is 306 g/mol. The monoisotopic (exact) mass is 306 g/mol. The third-order valence-corrected chi connectivity index (χ3v) is 6.10. The van der Waals surface area contributed by atoms with Gasteiger partial charge < -0.3 is 0 Å². The van der Waals surface area contributed by atoms with Gasteiger partial charge in [-0.3, -0.25) is 0 Å². The molecule has 3 aromatic carbocycles. The fourth-order valence-corrected chi connectivity index (χ4v) is 5.28. The third-order valence-electron chi connectivity index (χ3n) is 3.56. The first kappa shape index (κ1) is 13.1. The van der Waals surface area contributed by atoms with E-state index in [9.17, 15) is 0 Å². The molecule has 0 atom stereocenters. The summed E-state index contributed by atoms with van der Waals surface area (Å²) >= 11 is 3.89. The maximum atomic E-state index is 2.31. The van der Waals surface area contributed by atoms with Gasteiger partial charge >= 0.3 is 0 Å². The first-order valence-corrected chi connectivity index (χ1v) is 8.74. The number of hydrogen-bond acceptors (Lipinski definition) is 2. The Hall–Kier alpha value is -1.64. The van der Waals surface area contributed by atoms with Crippen LogP contribution in [0.4, 0.5) is 0 Å². The lowest BCUT2D eigenvalue weighted by Crippen LogP contribution is -1.98. The Balaban J connectivity index is 1.66. The quantitative estimate of drug-likeness (QED) is 0.563. The largest absolute Gasteiger partial charge is 0.106 e. The summed E-state index contributed by atoms with van der Waals surface area (Å²) in [5.74, 6) is 0. The summed E-state index contributed by atoms with van der Waals surface area (Å²) in [6.45, 7) is 0. The minimum atomic E-state index is 0.436. The molecule has 0 amide bonds. The Kier molecular flexibility index (Phi) is 3.50. The van der Waals surface area contributed by atoms with Gasteiger partial charge in [0, 0.05) is 15.2 Å². The lowest BCUT2D eigenvalue weighted by Gasteiger charge is -2.21. The highest BCUT2D eigenvalue weighted by Gasteiger charge is 2.19. The molecule has 0 radical (unpaired) electrons. The van der Waals surface area contributed by atoms with E-state index in [0.717, 1.165) is 0 Å². The van der Waals surface area contributed by atoms with Gasteiger partial charge in [-0.25, -0.2) is 0 Å². The molecule has 3 aromatic rings. The van der Waals surface area contributed by atoms with E-state index >= 15 is 0 Å². The molecule has 0 unspecified atom stereocenters. The second-order valence-electron chi connectivity index (χ2n) is 4.98. The van der Waals surface area contributed by atoms with Gasteiger partial charge in [0.1, 0.15) is 0 Å². The van der Waals surface area contributed by atoms with E-state index in [1.165, 1.54) is 26.1 Å². The first-order valence-electron chi connectivity index (χ1n) is 6.98. The van der Waals surface area contributed by atoms with Gasteiger partial charge in [-0.05, 0) is 23.1 Å². The molecule has 1 heterocycles. The molecule has 0 saturated heterocycles. The van der Waals surface area contributed by atoms with Gasteiger partial charge in [-0.2, -0.15) is 0 Å². The van der Waals surface area contributed by atoms with Crippen molar-refractivity contribution in [3.05, 3.63) is 78.4 Å². The van der Waals surface area contributed by atoms with Crippen LogP contribution in [-0.4, -0.2) is 4.58 Å². The van der Waals surface area contributed by atoms with Gasteiger partial charge in [0.15, 0.2) is 0 Å². The Bertz CT molecular complexity index is 765. The fourth-order valence-electron chi connectivity index (χ4n) is 2.58. The van der Waals surface area contributed by atoms with Crippen molar-refractivity contribution < 1.29 is 0 Å². The summed E-state index contributed by atoms with van der Waals surface area (Å²) < 4.78 is 0.436. The van der Waals surface area contributed by atoms with Crippen LogP contribution in [-0.2, 0) is 0 Å². The topological polar surface area (TPSA) is 0 Å². The highest BCUT2D eigenvalue weighted by atomic mass is 32.2. The van der Waals surface area contributed by atoms with Gasteiger partial charge in [0.2, 0.25) is 0 Å². The maximum Gasteiger partial charge on any atom is 0.0780 e. The zero-order chi connectivity index (χ0) is 14.1. The molecule has 4 rings (SSSR count). The van der Waals surface area contributed by atoms with E-state index in [2.05, 4.69) is 78.9 Å². The Morgan fingerprint density at radius 3 is 2.05 bits per heavy atom. The van der Waals surface area contributed by atoms with Crippen molar-refractivity contribution in [3.63, 3.8) is 0 Å². The van der Waals surface area contributed by atoms with Gasteiger partial charge in [0.25, 0.3) is 0 Å². The summed E-state index contributed by atoms with van der Waals surface area (Å²) in [5, 5.41) is 2.76. The fraction of sp³-hybridized carbons (Fsp3) is 0.0526. The molecule has 0 bridgehead atoms. The molecule has 1 aliphatic rings. The van der Waals surface area contributed by atoms with Gasteiger partial charge in [0.05, 0.1) is 4.58 Å². The summed E-state index contributed by atoms with van der Waals surface area (Å²) in [6, 6.07) is 23.7. The number of rotatable bonds is 2. The Morgan fingerprint density at radius 2 is 1.38 bits per heavy atom. The van der Waals surface area contributed by atoms with E-state index in [1.807, 2.05) is 23.5 Å². The minimum absolute atomic E-state index is 0.436. The molecular weight excluding hydrogens is 292 g/mol. The Morgan fingerprint density at radius 1 is 0.714 bits per heavy atom. The van der Waals surface area contributed by atoms with Crippen molar-refractivity contribution in [1.82, 2.24) is 0 Å². The summed E-state index contributed by atoms with van der Waals surface area (Å²) in [5.41, 5.74) is 1.26. The van der Waals surface area contributed by atoms with Crippen molar-refractivity contribution in [3.8, 4) is 0 Å². The van der Waals surface area contributed by atoms with Crippen molar-refractivity contribution in [2.45, 2.75) is 14.4 Å². The minimum Gasteiger partial charge on any atom is -0.106 e. The second kappa shape index (κ2) is 5.63. The van der Waals surface area contributed by atoms with E-state index in [0.29, 0.717) is 4.58 Å². The molecule has 0 spiro atoms. The molecule has 102 valence electrons. The van der Waals surface area contributed by atoms with Crippen LogP contribution in [0.1, 0.15) is 5.56 Å². The lowest BCUT2D eigenvalue weighted by molar-refractivity contribution is 1.40. The van der Waals surface area contributed by atoms with E-state index in [-0.39, 0.29) is 0 Å². The molecule has 2 heteroatoms. The van der Waals surface area contributed by atoms with Crippen LogP contribution in [0.25, 0.3) is 16.8 Å². The van der Waals surface area contributed by atoms with Gasteiger partial charge in [-0.15, -0.1) is 23.5 Å². The standard InChI is InChI=1S/C19H14S2/c1-2-6-14(7-3-1)12-13-18-20-16-10-4-8-15-9-5-11-17(21-18)19(15)16/h1-13,18H/b13-12+. The average Bonchev–Trinajstić information content (AvgIpc) is 2.54. The van der Waals surface area contributed by atoms with Gasteiger partial charge in [-0.1, -0.05) is 66.7 Å². The SMILES string of the molecule is C(=C\C1Sc2cccc3cccc(c23)S1)/c1ccccc1. The van der Waals surface area contributed by atoms with Crippen LogP contribution in [0.5, 0.6) is 0 Å². The smallest absolute Gasteiger partial charge is 0.0780 e. The first-order chi connectivity index (χ1) is 10.4. The van der Waals surface area contributed by atoms with Crippen LogP contribution in [0, 0.1) is 0 Å². The molecule has 0 fully saturated rings. The molecule has 0 aromatic heterocycles. The molecule has 21 heavy (non-hydrogen) atoms. The van der Waals surface area contributed by atoms with Crippen LogP contribution in [0.2, 0.25) is 0 Å². The highest BCUT2D eigenvalue weighted by molar-refractivity contribution is 8.18. The molecular formula is C19H14S2. The number of hydrogen-bond donors (Lipinski definition) is 0. The van der Waals surface area contributed by atoms with Crippen LogP contribution >= 0.6 is 23.5 Å². The summed E-state index contributed by atoms with van der Waals surface area (Å²) in [4.78, 5) is 2.79. The Labute approximate surface area is 133 Å². The van der Waals surface area contributed by atoms with E-state index in [1.54, 1.807) is 0 Å². The van der Waals surface area contributed by atoms with Crippen LogP contribution in [0.15, 0.2) is 82.6 Å². The zero-order valence-electron chi connectivity index (χ0n) is 11.4. The molecule has 0 aliphatic carbocycles. The van der Waals surface area contributed by atoms with E-state index < -0.39 is 0 Å². The normalized spacial score (nSPS) is 14.9. The predicted molar refractivity (Wildman–Crippen MR) is 94.9 cm³/mol. The van der Waals surface area contributed by atoms with Crippen molar-refractivity contribution in [1.29, 1.82) is 0 Å². The van der Waals surface area contributed by atoms with Crippen molar-refractivity contribution in [2.24, 2.45) is 0 Å². The summed E-state index contributed by atoms with van der Waals surface area (Å²) in [6.07, 6.45) is 4.53. The van der Waals surface area contributed by atoms with E-state index in [4.69, 9.17) is 0 Å². The maximum absolute atomic E-state index is 2.31. The third kappa shape index (κ3) is 2.61. The molecule has 0 N–H and O–H groups in total. The number of benzene rings is 3.